The number of thiophene rings is 1. The first kappa shape index (κ1) is 23.0. The number of methoxy groups -OCH3 is 1. The van der Waals surface area contributed by atoms with Gasteiger partial charge in [-0.25, -0.2) is 4.79 Å². The summed E-state index contributed by atoms with van der Waals surface area (Å²) in [5.74, 6) is 6.15. The van der Waals surface area contributed by atoms with Crippen LogP contribution in [0.5, 0.6) is 0 Å². The minimum Gasteiger partial charge on any atom is -0.477 e. The number of ether oxygens (including phenoxy) is 1. The van der Waals surface area contributed by atoms with Gasteiger partial charge in [-0.3, -0.25) is 4.90 Å². The Bertz CT molecular complexity index is 848. The van der Waals surface area contributed by atoms with Crippen LogP contribution in [0.15, 0.2) is 11.6 Å². The van der Waals surface area contributed by atoms with Crippen molar-refractivity contribution in [1.82, 2.24) is 10.2 Å². The predicted octanol–water partition coefficient (Wildman–Crippen LogP) is 3.95. The first-order chi connectivity index (χ1) is 14.3. The number of piperidine rings is 1. The van der Waals surface area contributed by atoms with Crippen LogP contribution in [0.1, 0.15) is 60.1 Å². The van der Waals surface area contributed by atoms with Crippen LogP contribution in [0, 0.1) is 23.2 Å². The number of nitrogens with zero attached hydrogens (tertiary/aromatic N) is 1. The minimum atomic E-state index is -0.856. The van der Waals surface area contributed by atoms with Gasteiger partial charge in [0.25, 0.3) is 0 Å². The van der Waals surface area contributed by atoms with Crippen molar-refractivity contribution in [2.75, 3.05) is 46.4 Å². The third-order valence-corrected chi connectivity index (χ3v) is 6.76. The number of hydrogen-bond acceptors (Lipinski definition) is 5. The van der Waals surface area contributed by atoms with Crippen molar-refractivity contribution in [3.8, 4) is 11.8 Å². The number of hydrogen-bond donors (Lipinski definition) is 2. The molecule has 3 rings (SSSR count). The van der Waals surface area contributed by atoms with Gasteiger partial charge >= 0.3 is 5.97 Å². The van der Waals surface area contributed by atoms with E-state index >= 15 is 0 Å². The highest BCUT2D eigenvalue weighted by atomic mass is 32.1. The Hall–Kier alpha value is -1.65. The number of rotatable bonds is 6. The van der Waals surface area contributed by atoms with Gasteiger partial charge in [0, 0.05) is 37.7 Å². The summed E-state index contributed by atoms with van der Waals surface area (Å²) in [6.07, 6.45) is 3.25. The summed E-state index contributed by atoms with van der Waals surface area (Å²) in [5.41, 5.74) is 3.43. The van der Waals surface area contributed by atoms with Crippen LogP contribution >= 0.6 is 11.3 Å². The van der Waals surface area contributed by atoms with Crippen LogP contribution in [0.2, 0.25) is 0 Å². The Morgan fingerprint density at radius 2 is 2.10 bits per heavy atom. The molecule has 1 saturated heterocycles. The van der Waals surface area contributed by atoms with Crippen LogP contribution in [0.25, 0.3) is 5.57 Å². The molecule has 2 N–H and O–H groups in total. The molecule has 30 heavy (non-hydrogen) atoms. The van der Waals surface area contributed by atoms with Crippen LogP contribution in [-0.4, -0.2) is 62.4 Å². The molecule has 1 aromatic heterocycles. The lowest BCUT2D eigenvalue weighted by Crippen LogP contribution is -2.37. The maximum atomic E-state index is 12.1. The maximum absolute atomic E-state index is 12.1. The zero-order valence-corrected chi connectivity index (χ0v) is 19.5. The first-order valence-electron chi connectivity index (χ1n) is 10.8. The van der Waals surface area contributed by atoms with Crippen LogP contribution < -0.4 is 5.32 Å². The maximum Gasteiger partial charge on any atom is 0.346 e. The van der Waals surface area contributed by atoms with Gasteiger partial charge in [-0.15, -0.1) is 11.3 Å². The summed E-state index contributed by atoms with van der Waals surface area (Å²) in [4.78, 5) is 15.7. The third-order valence-electron chi connectivity index (χ3n) is 5.72. The van der Waals surface area contributed by atoms with Gasteiger partial charge in [0.1, 0.15) is 4.88 Å². The minimum absolute atomic E-state index is 0.116. The first-order valence-corrected chi connectivity index (χ1v) is 11.6. The lowest BCUT2D eigenvalue weighted by molar-refractivity contribution is 0.0701. The highest BCUT2D eigenvalue weighted by molar-refractivity contribution is 7.14. The van der Waals surface area contributed by atoms with Crippen LogP contribution in [-0.2, 0) is 4.74 Å². The van der Waals surface area contributed by atoms with E-state index in [1.165, 1.54) is 22.5 Å². The van der Waals surface area contributed by atoms with E-state index in [9.17, 15) is 9.90 Å². The molecule has 0 aromatic carbocycles. The Kier molecular flexibility index (Phi) is 7.75. The number of carbonyl (C=O) groups is 1. The average Bonchev–Trinajstić information content (AvgIpc) is 3.15. The Balaban J connectivity index is 2.03. The van der Waals surface area contributed by atoms with E-state index in [0.717, 1.165) is 62.4 Å². The molecule has 0 spiro atoms. The van der Waals surface area contributed by atoms with Crippen molar-refractivity contribution in [3.05, 3.63) is 27.0 Å². The van der Waals surface area contributed by atoms with E-state index < -0.39 is 5.97 Å². The number of aromatic carboxylic acids is 1. The topological polar surface area (TPSA) is 61.8 Å². The highest BCUT2D eigenvalue weighted by Crippen LogP contribution is 2.38. The molecule has 0 amide bonds. The summed E-state index contributed by atoms with van der Waals surface area (Å²) in [7, 11) is 1.72. The fraction of sp³-hybridized carbons (Fsp3) is 0.625. The van der Waals surface area contributed by atoms with E-state index in [2.05, 4.69) is 42.8 Å². The quantitative estimate of drug-likeness (QED) is 0.669. The lowest BCUT2D eigenvalue weighted by atomic mass is 9.81. The molecule has 1 fully saturated rings. The molecule has 2 aliphatic rings. The van der Waals surface area contributed by atoms with Gasteiger partial charge in [0.05, 0.1) is 11.5 Å². The van der Waals surface area contributed by atoms with Gasteiger partial charge in [-0.1, -0.05) is 17.4 Å². The Labute approximate surface area is 184 Å². The summed E-state index contributed by atoms with van der Waals surface area (Å²) >= 11 is 1.31. The normalized spacial score (nSPS) is 18.9. The second kappa shape index (κ2) is 10.1. The molecule has 1 aromatic rings. The van der Waals surface area contributed by atoms with Gasteiger partial charge < -0.3 is 15.2 Å². The lowest BCUT2D eigenvalue weighted by Gasteiger charge is -2.35. The van der Waals surface area contributed by atoms with Crippen molar-refractivity contribution in [2.45, 2.75) is 40.0 Å². The van der Waals surface area contributed by atoms with E-state index in [-0.39, 0.29) is 5.41 Å². The molecule has 5 nitrogen and oxygen atoms in total. The third kappa shape index (κ3) is 5.95. The van der Waals surface area contributed by atoms with Crippen molar-refractivity contribution in [1.29, 1.82) is 0 Å². The van der Waals surface area contributed by atoms with E-state index in [0.29, 0.717) is 17.4 Å². The molecule has 6 heteroatoms. The molecule has 0 saturated carbocycles. The van der Waals surface area contributed by atoms with E-state index in [1.807, 2.05) is 6.07 Å². The van der Waals surface area contributed by atoms with E-state index in [1.54, 1.807) is 7.11 Å². The summed E-state index contributed by atoms with van der Waals surface area (Å²) in [6.45, 7) is 11.6. The monoisotopic (exact) mass is 430 g/mol. The second-order valence-electron chi connectivity index (χ2n) is 9.21. The molecule has 3 heterocycles. The SMILES string of the molecule is COCCN1CCC(C2CCNCC2)=C(c2cc(C#CC(C)(C)C)sc2C(=O)O)C1. The second-order valence-corrected chi connectivity index (χ2v) is 10.3. The van der Waals surface area contributed by atoms with Crippen molar-refractivity contribution in [3.63, 3.8) is 0 Å². The van der Waals surface area contributed by atoms with Gasteiger partial charge in [0.2, 0.25) is 0 Å². The molecule has 0 bridgehead atoms. The number of carboxylic acid groups (broad SMARTS) is 1. The molecule has 0 atom stereocenters. The summed E-state index contributed by atoms with van der Waals surface area (Å²) in [6, 6.07) is 2.02. The van der Waals surface area contributed by atoms with Crippen molar-refractivity contribution >= 4 is 22.9 Å². The number of carboxylic acids is 1. The fourth-order valence-corrected chi connectivity index (χ4v) is 5.09. The van der Waals surface area contributed by atoms with Gasteiger partial charge in [0.15, 0.2) is 0 Å². The molecule has 0 unspecified atom stereocenters. The molecule has 2 aliphatic heterocycles. The Morgan fingerprint density at radius 3 is 2.73 bits per heavy atom. The largest absolute Gasteiger partial charge is 0.477 e. The zero-order chi connectivity index (χ0) is 21.7. The molecule has 0 aliphatic carbocycles. The van der Waals surface area contributed by atoms with Gasteiger partial charge in [-0.05, 0) is 70.7 Å². The highest BCUT2D eigenvalue weighted by Gasteiger charge is 2.29. The molecular formula is C24H34N2O3S. The molecule has 164 valence electrons. The predicted molar refractivity (Wildman–Crippen MR) is 123 cm³/mol. The molecular weight excluding hydrogens is 396 g/mol. The van der Waals surface area contributed by atoms with Crippen molar-refractivity contribution < 1.29 is 14.6 Å². The van der Waals surface area contributed by atoms with Crippen LogP contribution in [0.4, 0.5) is 0 Å². The van der Waals surface area contributed by atoms with Crippen molar-refractivity contribution in [2.24, 2.45) is 11.3 Å². The van der Waals surface area contributed by atoms with E-state index in [4.69, 9.17) is 4.74 Å². The standard InChI is InChI=1S/C24H34N2O3S/c1-24(2,3)9-5-18-15-20(22(30-18)23(27)28)21-16-26(13-14-29-4)12-8-19(21)17-6-10-25-11-7-17/h15,17,25H,6-8,10-14,16H2,1-4H3,(H,27,28). The summed E-state index contributed by atoms with van der Waals surface area (Å²) in [5, 5.41) is 13.4. The Morgan fingerprint density at radius 1 is 1.37 bits per heavy atom. The average molecular weight is 431 g/mol. The number of nitrogens with one attached hydrogen (secondary N) is 1. The zero-order valence-electron chi connectivity index (χ0n) is 18.6. The van der Waals surface area contributed by atoms with Gasteiger partial charge in [-0.2, -0.15) is 0 Å². The molecule has 0 radical (unpaired) electrons. The summed E-state index contributed by atoms with van der Waals surface area (Å²) < 4.78 is 5.28. The van der Waals surface area contributed by atoms with Crippen LogP contribution in [0.3, 0.4) is 0 Å². The smallest absolute Gasteiger partial charge is 0.346 e. The fourth-order valence-electron chi connectivity index (χ4n) is 4.21.